The molecule has 2 nitrogen and oxygen atoms in total. The Morgan fingerprint density at radius 3 is 2.28 bits per heavy atom. The lowest BCUT2D eigenvalue weighted by molar-refractivity contribution is 0.0963. The third-order valence-corrected chi connectivity index (χ3v) is 3.90. The minimum Gasteiger partial charge on any atom is -0.496 e. The van der Waals surface area contributed by atoms with Gasteiger partial charge in [-0.1, -0.05) is 32.8 Å². The molecule has 1 rings (SSSR count). The van der Waals surface area contributed by atoms with Gasteiger partial charge < -0.3 is 9.84 Å². The SMILES string of the molecule is CCCC(CCC)C(O)c1ccc(OC)c(Br)c1. The first-order valence-corrected chi connectivity index (χ1v) is 7.44. The van der Waals surface area contributed by atoms with E-state index in [1.54, 1.807) is 7.11 Å². The molecule has 0 aliphatic carbocycles. The molecule has 0 aliphatic heterocycles. The van der Waals surface area contributed by atoms with Crippen LogP contribution in [0.25, 0.3) is 0 Å². The average Bonchev–Trinajstić information content (AvgIpc) is 2.37. The summed E-state index contributed by atoms with van der Waals surface area (Å²) in [5, 5.41) is 10.5. The smallest absolute Gasteiger partial charge is 0.133 e. The molecule has 18 heavy (non-hydrogen) atoms. The van der Waals surface area contributed by atoms with Crippen molar-refractivity contribution in [2.75, 3.05) is 7.11 Å². The van der Waals surface area contributed by atoms with Crippen LogP contribution in [0.5, 0.6) is 5.75 Å². The molecule has 0 saturated heterocycles. The second-order valence-electron chi connectivity index (χ2n) is 4.68. The first-order chi connectivity index (χ1) is 8.63. The average molecular weight is 315 g/mol. The Balaban J connectivity index is 2.86. The van der Waals surface area contributed by atoms with Crippen molar-refractivity contribution in [2.45, 2.75) is 45.6 Å². The maximum atomic E-state index is 10.5. The lowest BCUT2D eigenvalue weighted by atomic mass is 9.88. The van der Waals surface area contributed by atoms with Crippen LogP contribution in [-0.4, -0.2) is 12.2 Å². The molecule has 0 radical (unpaired) electrons. The normalized spacial score (nSPS) is 12.8. The summed E-state index contributed by atoms with van der Waals surface area (Å²) in [4.78, 5) is 0. The van der Waals surface area contributed by atoms with Gasteiger partial charge in [-0.3, -0.25) is 0 Å². The molecule has 102 valence electrons. The number of aliphatic hydroxyl groups is 1. The van der Waals surface area contributed by atoms with Crippen molar-refractivity contribution >= 4 is 15.9 Å². The minimum absolute atomic E-state index is 0.347. The van der Waals surface area contributed by atoms with Crippen molar-refractivity contribution in [3.05, 3.63) is 28.2 Å². The topological polar surface area (TPSA) is 29.5 Å². The molecule has 1 aromatic carbocycles. The van der Waals surface area contributed by atoms with Crippen LogP contribution in [-0.2, 0) is 0 Å². The molecular weight excluding hydrogens is 292 g/mol. The number of rotatable bonds is 7. The first-order valence-electron chi connectivity index (χ1n) is 6.65. The zero-order valence-corrected chi connectivity index (χ0v) is 13.0. The monoisotopic (exact) mass is 314 g/mol. The van der Waals surface area contributed by atoms with Crippen molar-refractivity contribution < 1.29 is 9.84 Å². The molecule has 0 fully saturated rings. The molecule has 1 atom stereocenters. The molecule has 1 N–H and O–H groups in total. The summed E-state index contributed by atoms with van der Waals surface area (Å²) in [5.74, 6) is 1.15. The summed E-state index contributed by atoms with van der Waals surface area (Å²) < 4.78 is 6.10. The summed E-state index contributed by atoms with van der Waals surface area (Å²) in [6.07, 6.45) is 3.97. The lowest BCUT2D eigenvalue weighted by Crippen LogP contribution is -2.12. The van der Waals surface area contributed by atoms with E-state index < -0.39 is 0 Å². The molecule has 0 spiro atoms. The zero-order chi connectivity index (χ0) is 13.5. The van der Waals surface area contributed by atoms with Crippen LogP contribution in [0.15, 0.2) is 22.7 Å². The van der Waals surface area contributed by atoms with Gasteiger partial charge in [-0.15, -0.1) is 0 Å². The number of methoxy groups -OCH3 is 1. The quantitative estimate of drug-likeness (QED) is 0.790. The summed E-state index contributed by atoms with van der Waals surface area (Å²) >= 11 is 3.47. The Morgan fingerprint density at radius 2 is 1.83 bits per heavy atom. The van der Waals surface area contributed by atoms with Crippen LogP contribution >= 0.6 is 15.9 Å². The van der Waals surface area contributed by atoms with E-state index in [0.29, 0.717) is 5.92 Å². The summed E-state index contributed by atoms with van der Waals surface area (Å²) in [5.41, 5.74) is 0.967. The molecule has 1 unspecified atom stereocenters. The molecule has 0 aromatic heterocycles. The van der Waals surface area contributed by atoms with E-state index in [2.05, 4.69) is 29.8 Å². The number of ether oxygens (including phenoxy) is 1. The van der Waals surface area contributed by atoms with Gasteiger partial charge in [0.15, 0.2) is 0 Å². The summed E-state index contributed by atoms with van der Waals surface area (Å²) in [7, 11) is 1.65. The molecule has 0 heterocycles. The van der Waals surface area contributed by atoms with Crippen molar-refractivity contribution in [3.63, 3.8) is 0 Å². The van der Waals surface area contributed by atoms with E-state index in [1.165, 1.54) is 0 Å². The Morgan fingerprint density at radius 1 is 1.22 bits per heavy atom. The Bertz CT molecular complexity index is 360. The van der Waals surface area contributed by atoms with Gasteiger partial charge in [0.25, 0.3) is 0 Å². The second-order valence-corrected chi connectivity index (χ2v) is 5.53. The van der Waals surface area contributed by atoms with E-state index in [1.807, 2.05) is 18.2 Å². The number of hydrogen-bond acceptors (Lipinski definition) is 2. The molecule has 0 bridgehead atoms. The molecule has 1 aromatic rings. The summed E-state index contributed by atoms with van der Waals surface area (Å²) in [6, 6.07) is 5.81. The highest BCUT2D eigenvalue weighted by molar-refractivity contribution is 9.10. The highest BCUT2D eigenvalue weighted by Crippen LogP contribution is 2.33. The van der Waals surface area contributed by atoms with Crippen molar-refractivity contribution in [2.24, 2.45) is 5.92 Å². The first kappa shape index (κ1) is 15.5. The number of halogens is 1. The standard InChI is InChI=1S/C15H23BrO2/c1-4-6-11(7-5-2)15(17)12-8-9-14(18-3)13(16)10-12/h8-11,15,17H,4-7H2,1-3H3. The predicted molar refractivity (Wildman–Crippen MR) is 79.0 cm³/mol. The van der Waals surface area contributed by atoms with E-state index >= 15 is 0 Å². The van der Waals surface area contributed by atoms with Crippen LogP contribution in [0.4, 0.5) is 0 Å². The molecule has 3 heteroatoms. The molecule has 0 amide bonds. The van der Waals surface area contributed by atoms with Gasteiger partial charge in [0.2, 0.25) is 0 Å². The predicted octanol–water partition coefficient (Wildman–Crippen LogP) is 4.71. The lowest BCUT2D eigenvalue weighted by Gasteiger charge is -2.23. The number of aliphatic hydroxyl groups excluding tert-OH is 1. The van der Waals surface area contributed by atoms with Gasteiger partial charge in [0.1, 0.15) is 5.75 Å². The van der Waals surface area contributed by atoms with Gasteiger partial charge in [-0.05, 0) is 52.4 Å². The highest BCUT2D eigenvalue weighted by Gasteiger charge is 2.20. The number of hydrogen-bond donors (Lipinski definition) is 1. The fourth-order valence-corrected chi connectivity index (χ4v) is 2.90. The van der Waals surface area contributed by atoms with Crippen LogP contribution in [0.2, 0.25) is 0 Å². The van der Waals surface area contributed by atoms with E-state index in [0.717, 1.165) is 41.5 Å². The summed E-state index contributed by atoms with van der Waals surface area (Å²) in [6.45, 7) is 4.33. The van der Waals surface area contributed by atoms with Crippen LogP contribution in [0.3, 0.4) is 0 Å². The Labute approximate surface area is 118 Å². The van der Waals surface area contributed by atoms with Gasteiger partial charge in [0.05, 0.1) is 17.7 Å². The maximum absolute atomic E-state index is 10.5. The van der Waals surface area contributed by atoms with E-state index in [9.17, 15) is 5.11 Å². The third-order valence-electron chi connectivity index (χ3n) is 3.28. The van der Waals surface area contributed by atoms with Gasteiger partial charge in [-0.25, -0.2) is 0 Å². The van der Waals surface area contributed by atoms with Crippen LogP contribution < -0.4 is 4.74 Å². The van der Waals surface area contributed by atoms with Crippen molar-refractivity contribution in [3.8, 4) is 5.75 Å². The van der Waals surface area contributed by atoms with Crippen LogP contribution in [0.1, 0.15) is 51.2 Å². The highest BCUT2D eigenvalue weighted by atomic mass is 79.9. The third kappa shape index (κ3) is 3.99. The Hall–Kier alpha value is -0.540. The largest absolute Gasteiger partial charge is 0.496 e. The molecular formula is C15H23BrO2. The van der Waals surface area contributed by atoms with Gasteiger partial charge in [-0.2, -0.15) is 0 Å². The second kappa shape index (κ2) is 7.80. The van der Waals surface area contributed by atoms with Crippen molar-refractivity contribution in [1.29, 1.82) is 0 Å². The van der Waals surface area contributed by atoms with Gasteiger partial charge in [0, 0.05) is 0 Å². The molecule has 0 aliphatic rings. The fourth-order valence-electron chi connectivity index (χ4n) is 2.34. The number of benzene rings is 1. The maximum Gasteiger partial charge on any atom is 0.133 e. The molecule has 0 saturated carbocycles. The minimum atomic E-state index is -0.382. The van der Waals surface area contributed by atoms with E-state index in [-0.39, 0.29) is 6.10 Å². The van der Waals surface area contributed by atoms with Crippen molar-refractivity contribution in [1.82, 2.24) is 0 Å². The van der Waals surface area contributed by atoms with Gasteiger partial charge >= 0.3 is 0 Å². The fraction of sp³-hybridized carbons (Fsp3) is 0.600. The Kier molecular flexibility index (Phi) is 6.72. The van der Waals surface area contributed by atoms with Crippen LogP contribution in [0, 0.1) is 5.92 Å². The zero-order valence-electron chi connectivity index (χ0n) is 11.4. The van der Waals surface area contributed by atoms with E-state index in [4.69, 9.17) is 4.74 Å².